The normalized spacial score (nSPS) is 20.4. The van der Waals surface area contributed by atoms with Crippen LogP contribution in [-0.4, -0.2) is 16.9 Å². The van der Waals surface area contributed by atoms with E-state index in [1.165, 1.54) is 11.6 Å². The molecular formula is C24H24ClFN2O. The lowest BCUT2D eigenvalue weighted by molar-refractivity contribution is 0.0918. The Balaban J connectivity index is 1.41. The van der Waals surface area contributed by atoms with Crippen molar-refractivity contribution in [1.82, 2.24) is 10.3 Å². The topological polar surface area (TPSA) is 42.0 Å². The first-order valence-electron chi connectivity index (χ1n) is 10.1. The van der Waals surface area contributed by atoms with E-state index in [0.29, 0.717) is 27.9 Å². The van der Waals surface area contributed by atoms with E-state index in [1.54, 1.807) is 36.5 Å². The van der Waals surface area contributed by atoms with Gasteiger partial charge in [-0.25, -0.2) is 4.39 Å². The lowest BCUT2D eigenvalue weighted by Crippen LogP contribution is -2.39. The van der Waals surface area contributed by atoms with Gasteiger partial charge in [-0.2, -0.15) is 0 Å². The molecule has 3 aromatic rings. The highest BCUT2D eigenvalue weighted by Gasteiger charge is 2.28. The van der Waals surface area contributed by atoms with Crippen LogP contribution in [-0.2, 0) is 0 Å². The van der Waals surface area contributed by atoms with Gasteiger partial charge < -0.3 is 5.32 Å². The van der Waals surface area contributed by atoms with Crippen LogP contribution in [0.1, 0.15) is 54.4 Å². The number of carbonyl (C=O) groups is 1. The van der Waals surface area contributed by atoms with Crippen molar-refractivity contribution in [2.75, 3.05) is 0 Å². The van der Waals surface area contributed by atoms with Crippen molar-refractivity contribution < 1.29 is 9.18 Å². The van der Waals surface area contributed by atoms with Gasteiger partial charge in [-0.05, 0) is 80.3 Å². The zero-order valence-corrected chi connectivity index (χ0v) is 17.1. The Bertz CT molecular complexity index is 1030. The van der Waals surface area contributed by atoms with Crippen LogP contribution in [0.15, 0.2) is 54.7 Å². The van der Waals surface area contributed by atoms with Crippen LogP contribution in [0.3, 0.4) is 0 Å². The minimum atomic E-state index is -0.268. The fraction of sp³-hybridized carbons (Fsp3) is 0.333. The number of nitrogens with zero attached hydrogens (tertiary/aromatic N) is 1. The zero-order chi connectivity index (χ0) is 20.4. The van der Waals surface area contributed by atoms with Crippen molar-refractivity contribution in [3.8, 4) is 0 Å². The molecular weight excluding hydrogens is 387 g/mol. The summed E-state index contributed by atoms with van der Waals surface area (Å²) in [7, 11) is 0. The van der Waals surface area contributed by atoms with Crippen LogP contribution in [0.25, 0.3) is 10.9 Å². The highest BCUT2D eigenvalue weighted by atomic mass is 35.5. The summed E-state index contributed by atoms with van der Waals surface area (Å²) >= 11 is 5.99. The molecule has 1 aliphatic rings. The summed E-state index contributed by atoms with van der Waals surface area (Å²) in [4.78, 5) is 16.7. The van der Waals surface area contributed by atoms with Gasteiger partial charge in [-0.15, -0.1) is 0 Å². The maximum absolute atomic E-state index is 14.1. The average molecular weight is 411 g/mol. The Hall–Kier alpha value is -2.46. The van der Waals surface area contributed by atoms with Crippen LogP contribution < -0.4 is 5.32 Å². The smallest absolute Gasteiger partial charge is 0.251 e. The standard InChI is InChI=1S/C24H24ClFN2O/c1-15(28-24(29)18-4-2-5-19(25)14-18)16-8-10-17(11-9-16)20-12-13-27-23-21(20)6-3-7-22(23)26/h2-7,12-17H,8-11H2,1H3,(H,28,29)/t15-,16?,17?/m1/s1. The summed E-state index contributed by atoms with van der Waals surface area (Å²) in [6.45, 7) is 2.07. The van der Waals surface area contributed by atoms with Crippen LogP contribution in [0, 0.1) is 11.7 Å². The first-order chi connectivity index (χ1) is 14.0. The van der Waals surface area contributed by atoms with Crippen LogP contribution in [0.4, 0.5) is 4.39 Å². The lowest BCUT2D eigenvalue weighted by Gasteiger charge is -2.33. The molecule has 5 heteroatoms. The molecule has 0 bridgehead atoms. The first-order valence-corrected chi connectivity index (χ1v) is 10.5. The molecule has 1 heterocycles. The van der Waals surface area contributed by atoms with Gasteiger partial charge in [-0.1, -0.05) is 29.8 Å². The van der Waals surface area contributed by atoms with E-state index in [4.69, 9.17) is 11.6 Å². The minimum Gasteiger partial charge on any atom is -0.349 e. The van der Waals surface area contributed by atoms with Crippen molar-refractivity contribution in [3.05, 3.63) is 76.7 Å². The van der Waals surface area contributed by atoms with Crippen molar-refractivity contribution in [3.63, 3.8) is 0 Å². The molecule has 0 aliphatic heterocycles. The molecule has 0 saturated heterocycles. The van der Waals surface area contributed by atoms with Crippen molar-refractivity contribution >= 4 is 28.4 Å². The van der Waals surface area contributed by atoms with Gasteiger partial charge in [0.1, 0.15) is 11.3 Å². The van der Waals surface area contributed by atoms with Gasteiger partial charge in [0.05, 0.1) is 0 Å². The number of halogens is 2. The molecule has 1 N–H and O–H groups in total. The Morgan fingerprint density at radius 3 is 2.66 bits per heavy atom. The molecule has 1 fully saturated rings. The monoisotopic (exact) mass is 410 g/mol. The van der Waals surface area contributed by atoms with Crippen molar-refractivity contribution in [2.24, 2.45) is 5.92 Å². The van der Waals surface area contributed by atoms with Crippen molar-refractivity contribution in [1.29, 1.82) is 0 Å². The Labute approximate surface area is 175 Å². The van der Waals surface area contributed by atoms with E-state index in [-0.39, 0.29) is 17.8 Å². The number of benzene rings is 2. The number of carbonyl (C=O) groups excluding carboxylic acids is 1. The highest BCUT2D eigenvalue weighted by Crippen LogP contribution is 2.39. The number of rotatable bonds is 4. The summed E-state index contributed by atoms with van der Waals surface area (Å²) in [5.74, 6) is 0.474. The minimum absolute atomic E-state index is 0.0854. The predicted octanol–water partition coefficient (Wildman–Crippen LogP) is 6.12. The van der Waals surface area contributed by atoms with Gasteiger partial charge in [0.15, 0.2) is 0 Å². The second-order valence-electron chi connectivity index (χ2n) is 7.92. The molecule has 4 rings (SSSR count). The molecule has 2 aromatic carbocycles. The molecule has 1 amide bonds. The average Bonchev–Trinajstić information content (AvgIpc) is 2.74. The number of amides is 1. The summed E-state index contributed by atoms with van der Waals surface area (Å²) in [6.07, 6.45) is 5.82. The molecule has 1 aromatic heterocycles. The number of pyridine rings is 1. The van der Waals surface area contributed by atoms with E-state index in [2.05, 4.69) is 17.2 Å². The summed E-state index contributed by atoms with van der Waals surface area (Å²) < 4.78 is 14.1. The Kier molecular flexibility index (Phi) is 5.81. The first kappa shape index (κ1) is 19.8. The SMILES string of the molecule is C[C@@H](NC(=O)c1cccc(Cl)c1)C1CCC(c2ccnc3c(F)cccc23)CC1. The number of aromatic nitrogens is 1. The number of nitrogens with one attached hydrogen (secondary N) is 1. The van der Waals surface area contributed by atoms with Gasteiger partial charge >= 0.3 is 0 Å². The van der Waals surface area contributed by atoms with Gasteiger partial charge in [-0.3, -0.25) is 9.78 Å². The summed E-state index contributed by atoms with van der Waals surface area (Å²) in [6, 6.07) is 14.3. The quantitative estimate of drug-likeness (QED) is 0.563. The van der Waals surface area contributed by atoms with E-state index >= 15 is 0 Å². The number of hydrogen-bond donors (Lipinski definition) is 1. The number of hydrogen-bond acceptors (Lipinski definition) is 2. The third-order valence-electron chi connectivity index (χ3n) is 6.12. The fourth-order valence-corrected chi connectivity index (χ4v) is 4.68. The fourth-order valence-electron chi connectivity index (χ4n) is 4.49. The molecule has 1 saturated carbocycles. The van der Waals surface area contributed by atoms with E-state index in [9.17, 15) is 9.18 Å². The van der Waals surface area contributed by atoms with E-state index < -0.39 is 0 Å². The number of para-hydroxylation sites is 1. The van der Waals surface area contributed by atoms with Crippen molar-refractivity contribution in [2.45, 2.75) is 44.6 Å². The number of fused-ring (bicyclic) bond motifs is 1. The highest BCUT2D eigenvalue weighted by molar-refractivity contribution is 6.30. The van der Waals surface area contributed by atoms with Crippen LogP contribution >= 0.6 is 11.6 Å². The molecule has 1 atom stereocenters. The van der Waals surface area contributed by atoms with E-state index in [1.807, 2.05) is 12.1 Å². The maximum atomic E-state index is 14.1. The van der Waals surface area contributed by atoms with Crippen LogP contribution in [0.5, 0.6) is 0 Å². The van der Waals surface area contributed by atoms with Gasteiger partial charge in [0.25, 0.3) is 5.91 Å². The molecule has 0 spiro atoms. The second-order valence-corrected chi connectivity index (χ2v) is 8.36. The second kappa shape index (κ2) is 8.50. The maximum Gasteiger partial charge on any atom is 0.251 e. The van der Waals surface area contributed by atoms with Crippen LogP contribution in [0.2, 0.25) is 5.02 Å². The Morgan fingerprint density at radius 1 is 1.14 bits per heavy atom. The zero-order valence-electron chi connectivity index (χ0n) is 16.4. The molecule has 1 aliphatic carbocycles. The van der Waals surface area contributed by atoms with Gasteiger partial charge in [0.2, 0.25) is 0 Å². The third-order valence-corrected chi connectivity index (χ3v) is 6.35. The molecule has 0 unspecified atom stereocenters. The van der Waals surface area contributed by atoms with E-state index in [0.717, 1.165) is 31.1 Å². The largest absolute Gasteiger partial charge is 0.349 e. The van der Waals surface area contributed by atoms with Gasteiger partial charge in [0, 0.05) is 28.2 Å². The predicted molar refractivity (Wildman–Crippen MR) is 115 cm³/mol. The Morgan fingerprint density at radius 2 is 1.90 bits per heavy atom. The third kappa shape index (κ3) is 4.27. The summed E-state index contributed by atoms with van der Waals surface area (Å²) in [5.41, 5.74) is 2.22. The summed E-state index contributed by atoms with van der Waals surface area (Å²) in [5, 5.41) is 4.60. The molecule has 29 heavy (non-hydrogen) atoms. The molecule has 3 nitrogen and oxygen atoms in total. The lowest BCUT2D eigenvalue weighted by atomic mass is 9.75. The molecule has 0 radical (unpaired) electrons. The molecule has 150 valence electrons.